The first-order valence-corrected chi connectivity index (χ1v) is 12.1. The van der Waals surface area contributed by atoms with Crippen molar-refractivity contribution in [3.05, 3.63) is 39.6 Å². The number of aldehydes is 1. The Labute approximate surface area is 195 Å². The number of benzene rings is 1. The molecule has 0 aliphatic rings. The van der Waals surface area contributed by atoms with Crippen LogP contribution in [0.3, 0.4) is 0 Å². The molecule has 7 heteroatoms. The Hall–Kier alpha value is -2.35. The summed E-state index contributed by atoms with van der Waals surface area (Å²) in [7, 11) is 0. The SMILES string of the molecule is CCCCOc1c(C=O)sc(/C=C/c2ccc(N(CCO)CCO)cc2)c1OCCCC. The highest BCUT2D eigenvalue weighted by atomic mass is 32.1. The lowest BCUT2D eigenvalue weighted by atomic mass is 10.1. The molecule has 0 atom stereocenters. The molecule has 176 valence electrons. The Morgan fingerprint density at radius 1 is 0.875 bits per heavy atom. The monoisotopic (exact) mass is 461 g/mol. The van der Waals surface area contributed by atoms with E-state index in [1.165, 1.54) is 11.3 Å². The molecule has 0 saturated carbocycles. The fourth-order valence-electron chi connectivity index (χ4n) is 3.11. The van der Waals surface area contributed by atoms with Gasteiger partial charge in [-0.3, -0.25) is 4.79 Å². The highest BCUT2D eigenvalue weighted by molar-refractivity contribution is 7.15. The molecule has 0 aliphatic heterocycles. The molecular formula is C25H35NO5S. The summed E-state index contributed by atoms with van der Waals surface area (Å²) in [4.78, 5) is 15.0. The first-order valence-electron chi connectivity index (χ1n) is 11.3. The maximum Gasteiger partial charge on any atom is 0.183 e. The van der Waals surface area contributed by atoms with Crippen molar-refractivity contribution < 1.29 is 24.5 Å². The second kappa shape index (κ2) is 14.7. The molecule has 0 saturated heterocycles. The fraction of sp³-hybridized carbons (Fsp3) is 0.480. The van der Waals surface area contributed by atoms with E-state index in [4.69, 9.17) is 9.47 Å². The summed E-state index contributed by atoms with van der Waals surface area (Å²) in [6.07, 6.45) is 8.67. The van der Waals surface area contributed by atoms with Crippen LogP contribution in [0.15, 0.2) is 24.3 Å². The minimum atomic E-state index is 0.0303. The van der Waals surface area contributed by atoms with Gasteiger partial charge in [-0.1, -0.05) is 44.9 Å². The van der Waals surface area contributed by atoms with Crippen molar-refractivity contribution in [3.8, 4) is 11.5 Å². The number of aliphatic hydroxyl groups is 2. The molecule has 0 radical (unpaired) electrons. The topological polar surface area (TPSA) is 79.2 Å². The second-order valence-electron chi connectivity index (χ2n) is 7.37. The molecule has 0 unspecified atom stereocenters. The highest BCUT2D eigenvalue weighted by Gasteiger charge is 2.19. The molecular weight excluding hydrogens is 426 g/mol. The van der Waals surface area contributed by atoms with Crippen molar-refractivity contribution in [2.75, 3.05) is 44.4 Å². The van der Waals surface area contributed by atoms with Gasteiger partial charge >= 0.3 is 0 Å². The van der Waals surface area contributed by atoms with Crippen molar-refractivity contribution >= 4 is 35.5 Å². The van der Waals surface area contributed by atoms with Crippen LogP contribution in [0.4, 0.5) is 5.69 Å². The van der Waals surface area contributed by atoms with E-state index >= 15 is 0 Å². The largest absolute Gasteiger partial charge is 0.488 e. The van der Waals surface area contributed by atoms with Gasteiger partial charge in [-0.25, -0.2) is 0 Å². The molecule has 0 aliphatic carbocycles. The summed E-state index contributed by atoms with van der Waals surface area (Å²) < 4.78 is 12.0. The lowest BCUT2D eigenvalue weighted by molar-refractivity contribution is 0.112. The molecule has 2 aromatic rings. The van der Waals surface area contributed by atoms with Crippen LogP contribution < -0.4 is 14.4 Å². The van der Waals surface area contributed by atoms with Crippen molar-refractivity contribution in [3.63, 3.8) is 0 Å². The van der Waals surface area contributed by atoms with Crippen molar-refractivity contribution in [2.45, 2.75) is 39.5 Å². The number of hydrogen-bond donors (Lipinski definition) is 2. The second-order valence-corrected chi connectivity index (χ2v) is 8.45. The maximum atomic E-state index is 11.6. The lowest BCUT2D eigenvalue weighted by Crippen LogP contribution is -2.29. The number of carbonyl (C=O) groups is 1. The molecule has 0 bridgehead atoms. The van der Waals surface area contributed by atoms with Crippen molar-refractivity contribution in [1.29, 1.82) is 0 Å². The average molecular weight is 462 g/mol. The van der Waals surface area contributed by atoms with E-state index < -0.39 is 0 Å². The third-order valence-electron chi connectivity index (χ3n) is 4.89. The quantitative estimate of drug-likeness (QED) is 0.274. The van der Waals surface area contributed by atoms with Gasteiger partial charge in [-0.05, 0) is 36.6 Å². The van der Waals surface area contributed by atoms with E-state index in [1.807, 2.05) is 41.3 Å². The number of rotatable bonds is 16. The van der Waals surface area contributed by atoms with Crippen molar-refractivity contribution in [1.82, 2.24) is 0 Å². The standard InChI is InChI=1S/C25H35NO5S/c1-3-5-17-30-24-22(32-23(19-29)25(24)31-18-6-4-2)12-9-20-7-10-21(11-8-20)26(13-15-27)14-16-28/h7-12,19,27-28H,3-6,13-18H2,1-2H3/b12-9+. The first-order chi connectivity index (χ1) is 15.7. The van der Waals surface area contributed by atoms with E-state index in [0.717, 1.165) is 48.1 Å². The van der Waals surface area contributed by atoms with E-state index in [9.17, 15) is 15.0 Å². The van der Waals surface area contributed by atoms with Crippen LogP contribution in [0, 0.1) is 0 Å². The van der Waals surface area contributed by atoms with Gasteiger partial charge in [-0.2, -0.15) is 0 Å². The zero-order valence-electron chi connectivity index (χ0n) is 19.1. The Morgan fingerprint density at radius 2 is 1.44 bits per heavy atom. The number of aliphatic hydroxyl groups excluding tert-OH is 2. The zero-order chi connectivity index (χ0) is 23.2. The van der Waals surface area contributed by atoms with Crippen LogP contribution in [0.25, 0.3) is 12.2 Å². The third kappa shape index (κ3) is 7.65. The molecule has 1 aromatic heterocycles. The van der Waals surface area contributed by atoms with Crippen LogP contribution in [0.1, 0.15) is 59.6 Å². The summed E-state index contributed by atoms with van der Waals surface area (Å²) in [5.74, 6) is 1.19. The van der Waals surface area contributed by atoms with Gasteiger partial charge in [0, 0.05) is 18.8 Å². The minimum absolute atomic E-state index is 0.0303. The Bertz CT molecular complexity index is 826. The first kappa shape index (κ1) is 25.9. The number of ether oxygens (including phenoxy) is 2. The summed E-state index contributed by atoms with van der Waals surface area (Å²) >= 11 is 1.37. The number of anilines is 1. The lowest BCUT2D eigenvalue weighted by Gasteiger charge is -2.22. The van der Waals surface area contributed by atoms with Gasteiger partial charge in [0.25, 0.3) is 0 Å². The minimum Gasteiger partial charge on any atom is -0.488 e. The van der Waals surface area contributed by atoms with Gasteiger partial charge in [0.05, 0.1) is 31.3 Å². The predicted octanol–water partition coefficient (Wildman–Crippen LogP) is 4.88. The third-order valence-corrected chi connectivity index (χ3v) is 5.94. The smallest absolute Gasteiger partial charge is 0.183 e. The van der Waals surface area contributed by atoms with Gasteiger partial charge in [0.1, 0.15) is 4.88 Å². The van der Waals surface area contributed by atoms with E-state index in [2.05, 4.69) is 13.8 Å². The molecule has 2 rings (SSSR count). The number of carbonyl (C=O) groups excluding carboxylic acids is 1. The number of nitrogens with zero attached hydrogens (tertiary/aromatic N) is 1. The maximum absolute atomic E-state index is 11.6. The van der Waals surface area contributed by atoms with Crippen LogP contribution >= 0.6 is 11.3 Å². The Kier molecular flexibility index (Phi) is 11.9. The number of thiophene rings is 1. The van der Waals surface area contributed by atoms with Crippen LogP contribution in [-0.4, -0.2) is 56.0 Å². The molecule has 0 spiro atoms. The molecule has 6 nitrogen and oxygen atoms in total. The van der Waals surface area contributed by atoms with Crippen LogP contribution in [0.5, 0.6) is 11.5 Å². The summed E-state index contributed by atoms with van der Waals surface area (Å²) in [5, 5.41) is 18.5. The Morgan fingerprint density at radius 3 is 1.94 bits per heavy atom. The molecule has 1 heterocycles. The van der Waals surface area contributed by atoms with Gasteiger partial charge in [0.15, 0.2) is 17.8 Å². The Balaban J connectivity index is 2.24. The molecule has 0 fully saturated rings. The van der Waals surface area contributed by atoms with E-state index in [1.54, 1.807) is 0 Å². The van der Waals surface area contributed by atoms with Gasteiger partial charge in [-0.15, -0.1) is 11.3 Å². The molecule has 0 amide bonds. The van der Waals surface area contributed by atoms with E-state index in [-0.39, 0.29) is 13.2 Å². The highest BCUT2D eigenvalue weighted by Crippen LogP contribution is 2.43. The summed E-state index contributed by atoms with van der Waals surface area (Å²) in [5.41, 5.74) is 1.94. The predicted molar refractivity (Wildman–Crippen MR) is 132 cm³/mol. The van der Waals surface area contributed by atoms with Crippen LogP contribution in [0.2, 0.25) is 0 Å². The normalized spacial score (nSPS) is 11.1. The fourth-order valence-corrected chi connectivity index (χ4v) is 4.02. The average Bonchev–Trinajstić information content (AvgIpc) is 3.15. The van der Waals surface area contributed by atoms with Crippen LogP contribution in [-0.2, 0) is 0 Å². The van der Waals surface area contributed by atoms with Gasteiger partial charge < -0.3 is 24.6 Å². The zero-order valence-corrected chi connectivity index (χ0v) is 19.9. The number of unbranched alkanes of at least 4 members (excludes halogenated alkanes) is 2. The van der Waals surface area contributed by atoms with E-state index in [0.29, 0.717) is 42.7 Å². The van der Waals surface area contributed by atoms with Crippen molar-refractivity contribution in [2.24, 2.45) is 0 Å². The van der Waals surface area contributed by atoms with Gasteiger partial charge in [0.2, 0.25) is 0 Å². The number of hydrogen-bond acceptors (Lipinski definition) is 7. The summed E-state index contributed by atoms with van der Waals surface area (Å²) in [6.45, 7) is 6.35. The molecule has 1 aromatic carbocycles. The molecule has 2 N–H and O–H groups in total. The molecule has 32 heavy (non-hydrogen) atoms. The summed E-state index contributed by atoms with van der Waals surface area (Å²) in [6, 6.07) is 7.90.